The zero-order chi connectivity index (χ0) is 21.7. The molecule has 0 spiro atoms. The zero-order valence-electron chi connectivity index (χ0n) is 19.3. The quantitative estimate of drug-likeness (QED) is 0.509. The molecular formula is C23H38BNO4. The number of nitrogens with one attached hydrogen (secondary N) is 1. The van der Waals surface area contributed by atoms with Crippen LogP contribution in [-0.2, 0) is 20.5 Å². The summed E-state index contributed by atoms with van der Waals surface area (Å²) in [6.45, 7) is 14.6. The van der Waals surface area contributed by atoms with Gasteiger partial charge in [-0.05, 0) is 78.8 Å². The second-order valence-corrected chi connectivity index (χ2v) is 9.88. The van der Waals surface area contributed by atoms with Gasteiger partial charge in [-0.25, -0.2) is 4.79 Å². The lowest BCUT2D eigenvalue weighted by atomic mass is 9.75. The van der Waals surface area contributed by atoms with Crippen LogP contribution in [0.25, 0.3) is 0 Å². The van der Waals surface area contributed by atoms with E-state index in [4.69, 9.17) is 14.0 Å². The molecule has 0 unspecified atom stereocenters. The molecule has 0 aromatic heterocycles. The number of rotatable bonds is 8. The van der Waals surface area contributed by atoms with Crippen LogP contribution in [0, 0.1) is 0 Å². The van der Waals surface area contributed by atoms with Gasteiger partial charge in [0.1, 0.15) is 5.60 Å². The molecule has 0 saturated carbocycles. The van der Waals surface area contributed by atoms with E-state index < -0.39 is 5.60 Å². The molecule has 0 atom stereocenters. The van der Waals surface area contributed by atoms with Crippen LogP contribution in [0.15, 0.2) is 24.3 Å². The molecule has 0 bridgehead atoms. The highest BCUT2D eigenvalue weighted by atomic mass is 16.7. The smallest absolute Gasteiger partial charge is 0.444 e. The first-order valence-electron chi connectivity index (χ1n) is 10.8. The standard InChI is InChI=1S/C23H38BNO4/c1-21(2,3)27-20(26)25-17-13-9-8-10-14-18-15-11-12-16-19(18)24-28-22(4,5)23(6,7)29-24/h11-12,15-16H,8-10,13-14,17H2,1-7H3,(H,25,26). The van der Waals surface area contributed by atoms with Crippen molar-refractivity contribution in [3.8, 4) is 0 Å². The van der Waals surface area contributed by atoms with Crippen LogP contribution in [-0.4, -0.2) is 36.6 Å². The molecule has 1 aliphatic heterocycles. The van der Waals surface area contributed by atoms with E-state index in [0.717, 1.165) is 37.6 Å². The van der Waals surface area contributed by atoms with E-state index in [1.54, 1.807) is 0 Å². The van der Waals surface area contributed by atoms with Crippen molar-refractivity contribution in [3.63, 3.8) is 0 Å². The molecule has 1 aromatic carbocycles. The molecule has 29 heavy (non-hydrogen) atoms. The maximum Gasteiger partial charge on any atom is 0.495 e. The minimum absolute atomic E-state index is 0.311. The highest BCUT2D eigenvalue weighted by molar-refractivity contribution is 6.62. The SMILES string of the molecule is CC(C)(C)OC(=O)NCCCCCCc1ccccc1B1OC(C)(C)C(C)(C)O1. The van der Waals surface area contributed by atoms with Gasteiger partial charge in [0.2, 0.25) is 0 Å². The summed E-state index contributed by atoms with van der Waals surface area (Å²) in [4.78, 5) is 11.6. The van der Waals surface area contributed by atoms with Gasteiger partial charge in [0.05, 0.1) is 11.2 Å². The summed E-state index contributed by atoms with van der Waals surface area (Å²) in [6.07, 6.45) is 4.91. The van der Waals surface area contributed by atoms with Crippen molar-refractivity contribution >= 4 is 18.7 Å². The van der Waals surface area contributed by atoms with Crippen LogP contribution in [0.4, 0.5) is 4.79 Å². The van der Waals surface area contributed by atoms with Crippen molar-refractivity contribution < 1.29 is 18.8 Å². The van der Waals surface area contributed by atoms with E-state index in [-0.39, 0.29) is 24.4 Å². The molecule has 1 heterocycles. The summed E-state index contributed by atoms with van der Waals surface area (Å²) in [5, 5.41) is 2.82. The molecule has 1 saturated heterocycles. The highest BCUT2D eigenvalue weighted by Gasteiger charge is 2.52. The van der Waals surface area contributed by atoms with E-state index in [1.165, 1.54) is 5.56 Å². The molecule has 1 fully saturated rings. The number of benzene rings is 1. The van der Waals surface area contributed by atoms with E-state index in [0.29, 0.717) is 6.54 Å². The zero-order valence-corrected chi connectivity index (χ0v) is 19.3. The van der Waals surface area contributed by atoms with Gasteiger partial charge in [0, 0.05) is 6.54 Å². The number of amides is 1. The van der Waals surface area contributed by atoms with Crippen LogP contribution < -0.4 is 10.8 Å². The Morgan fingerprint density at radius 2 is 1.59 bits per heavy atom. The third-order valence-corrected chi connectivity index (χ3v) is 5.60. The van der Waals surface area contributed by atoms with Gasteiger partial charge in [-0.15, -0.1) is 0 Å². The normalized spacial score (nSPS) is 18.0. The monoisotopic (exact) mass is 403 g/mol. The molecule has 1 amide bonds. The van der Waals surface area contributed by atoms with Crippen molar-refractivity contribution in [1.29, 1.82) is 0 Å². The van der Waals surface area contributed by atoms with Gasteiger partial charge in [0.15, 0.2) is 0 Å². The van der Waals surface area contributed by atoms with Crippen molar-refractivity contribution in [1.82, 2.24) is 5.32 Å². The first-order chi connectivity index (χ1) is 13.4. The fourth-order valence-electron chi connectivity index (χ4n) is 3.26. The number of alkyl carbamates (subject to hydrolysis) is 1. The number of ether oxygens (including phenoxy) is 1. The largest absolute Gasteiger partial charge is 0.495 e. The Balaban J connectivity index is 1.74. The summed E-state index contributed by atoms with van der Waals surface area (Å²) in [7, 11) is -0.311. The lowest BCUT2D eigenvalue weighted by molar-refractivity contribution is 0.00578. The van der Waals surface area contributed by atoms with Crippen LogP contribution in [0.3, 0.4) is 0 Å². The van der Waals surface area contributed by atoms with E-state index >= 15 is 0 Å². The predicted octanol–water partition coefficient (Wildman–Crippen LogP) is 4.61. The Morgan fingerprint density at radius 3 is 2.21 bits per heavy atom. The van der Waals surface area contributed by atoms with Crippen LogP contribution in [0.5, 0.6) is 0 Å². The Kier molecular flexibility index (Phi) is 7.80. The second kappa shape index (κ2) is 9.52. The number of unbranched alkanes of at least 4 members (excludes halogenated alkanes) is 3. The average molecular weight is 403 g/mol. The first-order valence-corrected chi connectivity index (χ1v) is 10.8. The number of hydrogen-bond donors (Lipinski definition) is 1. The molecule has 1 aromatic rings. The molecule has 162 valence electrons. The maximum atomic E-state index is 11.6. The maximum absolute atomic E-state index is 11.6. The van der Waals surface area contributed by atoms with Gasteiger partial charge in [-0.2, -0.15) is 0 Å². The fraction of sp³-hybridized carbons (Fsp3) is 0.696. The van der Waals surface area contributed by atoms with Crippen LogP contribution in [0.2, 0.25) is 0 Å². The highest BCUT2D eigenvalue weighted by Crippen LogP contribution is 2.36. The Labute approximate surface area is 177 Å². The Morgan fingerprint density at radius 1 is 1.00 bits per heavy atom. The van der Waals surface area contributed by atoms with Gasteiger partial charge >= 0.3 is 13.2 Å². The van der Waals surface area contributed by atoms with Gasteiger partial charge < -0.3 is 19.4 Å². The van der Waals surface area contributed by atoms with Gasteiger partial charge in [0.25, 0.3) is 0 Å². The minimum atomic E-state index is -0.450. The molecule has 0 radical (unpaired) electrons. The molecule has 1 N–H and O–H groups in total. The molecule has 5 nitrogen and oxygen atoms in total. The third kappa shape index (κ3) is 7.04. The lowest BCUT2D eigenvalue weighted by Gasteiger charge is -2.32. The average Bonchev–Trinajstić information content (AvgIpc) is 2.80. The van der Waals surface area contributed by atoms with Crippen molar-refractivity contribution in [2.75, 3.05) is 6.54 Å². The topological polar surface area (TPSA) is 56.8 Å². The summed E-state index contributed by atoms with van der Waals surface area (Å²) >= 11 is 0. The number of hydrogen-bond acceptors (Lipinski definition) is 4. The summed E-state index contributed by atoms with van der Waals surface area (Å²) in [6, 6.07) is 8.41. The van der Waals surface area contributed by atoms with E-state index in [1.807, 2.05) is 26.8 Å². The Bertz CT molecular complexity index is 666. The summed E-state index contributed by atoms with van der Waals surface area (Å²) in [5.41, 5.74) is 1.32. The number of carbonyl (C=O) groups is 1. The van der Waals surface area contributed by atoms with Crippen molar-refractivity contribution in [2.45, 2.75) is 97.4 Å². The summed E-state index contributed by atoms with van der Waals surface area (Å²) < 4.78 is 17.7. The fourth-order valence-corrected chi connectivity index (χ4v) is 3.26. The molecule has 0 aliphatic carbocycles. The van der Waals surface area contributed by atoms with Crippen molar-refractivity contribution in [3.05, 3.63) is 29.8 Å². The molecule has 6 heteroatoms. The van der Waals surface area contributed by atoms with E-state index in [2.05, 4.69) is 51.2 Å². The van der Waals surface area contributed by atoms with Crippen molar-refractivity contribution in [2.24, 2.45) is 0 Å². The minimum Gasteiger partial charge on any atom is -0.444 e. The summed E-state index contributed by atoms with van der Waals surface area (Å²) in [5.74, 6) is 0. The third-order valence-electron chi connectivity index (χ3n) is 5.60. The molecule has 1 aliphatic rings. The first kappa shape index (κ1) is 23.8. The molecule has 2 rings (SSSR count). The number of carbonyl (C=O) groups excluding carboxylic acids is 1. The second-order valence-electron chi connectivity index (χ2n) is 9.88. The van der Waals surface area contributed by atoms with E-state index in [9.17, 15) is 4.79 Å². The lowest BCUT2D eigenvalue weighted by Crippen LogP contribution is -2.41. The van der Waals surface area contributed by atoms with Crippen LogP contribution >= 0.6 is 0 Å². The predicted molar refractivity (Wildman–Crippen MR) is 119 cm³/mol. The Hall–Kier alpha value is -1.53. The number of aryl methyl sites for hydroxylation is 1. The van der Waals surface area contributed by atoms with Gasteiger partial charge in [-0.1, -0.05) is 37.1 Å². The van der Waals surface area contributed by atoms with Gasteiger partial charge in [-0.3, -0.25) is 0 Å². The molecular weight excluding hydrogens is 365 g/mol. The van der Waals surface area contributed by atoms with Crippen LogP contribution in [0.1, 0.15) is 79.7 Å².